The Morgan fingerprint density at radius 3 is 2.05 bits per heavy atom. The number of carbonyl (C=O) groups is 1. The molecule has 2 heterocycles. The van der Waals surface area contributed by atoms with Gasteiger partial charge in [0.15, 0.2) is 0 Å². The molecular formula is C38H30FN3O. The van der Waals surface area contributed by atoms with Gasteiger partial charge >= 0.3 is 0 Å². The van der Waals surface area contributed by atoms with E-state index in [0.717, 1.165) is 66.7 Å². The van der Waals surface area contributed by atoms with Crippen LogP contribution in [0.1, 0.15) is 40.9 Å². The third-order valence-electron chi connectivity index (χ3n) is 8.07. The maximum atomic E-state index is 15.0. The van der Waals surface area contributed by atoms with Crippen LogP contribution in [0.25, 0.3) is 32.9 Å². The zero-order valence-corrected chi connectivity index (χ0v) is 23.7. The minimum absolute atomic E-state index is 0.118. The molecule has 7 rings (SSSR count). The normalized spacial score (nSPS) is 11.4. The number of para-hydroxylation sites is 2. The first-order valence-electron chi connectivity index (χ1n) is 14.4. The first-order valence-corrected chi connectivity index (χ1v) is 14.4. The van der Waals surface area contributed by atoms with Gasteiger partial charge in [0, 0.05) is 69.3 Å². The van der Waals surface area contributed by atoms with Crippen LogP contribution in [0, 0.1) is 5.82 Å². The van der Waals surface area contributed by atoms with Crippen LogP contribution in [0.3, 0.4) is 0 Å². The summed E-state index contributed by atoms with van der Waals surface area (Å²) in [7, 11) is 0. The van der Waals surface area contributed by atoms with Crippen LogP contribution in [-0.2, 0) is 11.2 Å². The molecule has 3 N–H and O–H groups in total. The fourth-order valence-corrected chi connectivity index (χ4v) is 6.28. The molecule has 0 spiro atoms. The molecule has 5 aromatic carbocycles. The summed E-state index contributed by atoms with van der Waals surface area (Å²) in [5.41, 5.74) is 9.89. The molecular weight excluding hydrogens is 533 g/mol. The van der Waals surface area contributed by atoms with Crippen LogP contribution < -0.4 is 5.32 Å². The van der Waals surface area contributed by atoms with Gasteiger partial charge in [0.05, 0.1) is 0 Å². The Morgan fingerprint density at radius 1 is 0.698 bits per heavy atom. The Morgan fingerprint density at radius 2 is 1.33 bits per heavy atom. The smallest absolute Gasteiger partial charge is 0.221 e. The van der Waals surface area contributed by atoms with E-state index in [1.54, 1.807) is 6.07 Å². The molecule has 0 atom stereocenters. The van der Waals surface area contributed by atoms with Gasteiger partial charge in [0.1, 0.15) is 5.82 Å². The molecule has 4 nitrogen and oxygen atoms in total. The minimum Gasteiger partial charge on any atom is -0.358 e. The van der Waals surface area contributed by atoms with Crippen LogP contribution in [-0.4, -0.2) is 15.9 Å². The van der Waals surface area contributed by atoms with Crippen LogP contribution in [0.2, 0.25) is 0 Å². The van der Waals surface area contributed by atoms with E-state index >= 15 is 0 Å². The number of benzene rings is 5. The molecule has 0 aliphatic rings. The number of H-pyrrole nitrogens is 2. The maximum absolute atomic E-state index is 15.0. The number of amides is 1. The molecule has 2 aromatic heterocycles. The fourth-order valence-electron chi connectivity index (χ4n) is 6.28. The van der Waals surface area contributed by atoms with E-state index in [1.165, 1.54) is 13.0 Å². The van der Waals surface area contributed by atoms with Crippen molar-refractivity contribution in [3.05, 3.63) is 161 Å². The lowest BCUT2D eigenvalue weighted by atomic mass is 9.84. The predicted molar refractivity (Wildman–Crippen MR) is 173 cm³/mol. The van der Waals surface area contributed by atoms with E-state index in [-0.39, 0.29) is 17.6 Å². The second-order valence-electron chi connectivity index (χ2n) is 10.9. The highest BCUT2D eigenvalue weighted by molar-refractivity contribution is 6.08. The quantitative estimate of drug-likeness (QED) is 0.178. The number of hydrogen-bond acceptors (Lipinski definition) is 1. The summed E-state index contributed by atoms with van der Waals surface area (Å²) < 4.78 is 15.0. The first-order chi connectivity index (χ1) is 21.1. The van der Waals surface area contributed by atoms with Gasteiger partial charge < -0.3 is 15.3 Å². The number of halogens is 1. The summed E-state index contributed by atoms with van der Waals surface area (Å²) in [4.78, 5) is 19.4. The molecule has 0 bridgehead atoms. The molecule has 5 heteroatoms. The van der Waals surface area contributed by atoms with Gasteiger partial charge in [-0.3, -0.25) is 4.79 Å². The van der Waals surface area contributed by atoms with Gasteiger partial charge in [-0.2, -0.15) is 0 Å². The fraction of sp³-hybridized carbons (Fsp3) is 0.0789. The van der Waals surface area contributed by atoms with Crippen LogP contribution in [0.15, 0.2) is 127 Å². The summed E-state index contributed by atoms with van der Waals surface area (Å²) in [6, 6.07) is 41.9. The topological polar surface area (TPSA) is 60.7 Å². The third-order valence-corrected chi connectivity index (χ3v) is 8.07. The van der Waals surface area contributed by atoms with E-state index in [1.807, 2.05) is 54.6 Å². The second-order valence-corrected chi connectivity index (χ2v) is 10.9. The molecule has 7 aromatic rings. The highest BCUT2D eigenvalue weighted by Gasteiger charge is 2.28. The van der Waals surface area contributed by atoms with Gasteiger partial charge in [-0.05, 0) is 47.0 Å². The Hall–Kier alpha value is -5.42. The number of fused-ring (bicyclic) bond motifs is 2. The standard InChI is InChI=1S/C38H30FN3O/c1-24(43)40-31-18-10-8-16-27(31)22-34-36(29-17-9-11-19-32(29)41-34)37-30-23-28(39)20-21-33(30)42-38(37)35(25-12-4-2-5-13-25)26-14-6-3-7-15-26/h2-21,23,35,41-42H,22H2,1H3,(H,40,43). The molecule has 0 saturated carbocycles. The Labute approximate surface area is 249 Å². The molecule has 0 aliphatic carbocycles. The molecule has 0 saturated heterocycles. The molecule has 1 amide bonds. The van der Waals surface area contributed by atoms with E-state index < -0.39 is 0 Å². The average molecular weight is 564 g/mol. The number of anilines is 1. The van der Waals surface area contributed by atoms with E-state index in [2.05, 4.69) is 75.9 Å². The molecule has 0 aliphatic heterocycles. The molecule has 210 valence electrons. The van der Waals surface area contributed by atoms with Crippen molar-refractivity contribution in [1.29, 1.82) is 0 Å². The lowest BCUT2D eigenvalue weighted by molar-refractivity contribution is -0.114. The van der Waals surface area contributed by atoms with Gasteiger partial charge in [0.2, 0.25) is 5.91 Å². The van der Waals surface area contributed by atoms with Gasteiger partial charge in [-0.1, -0.05) is 97.1 Å². The van der Waals surface area contributed by atoms with E-state index in [9.17, 15) is 9.18 Å². The van der Waals surface area contributed by atoms with Crippen molar-refractivity contribution in [3.63, 3.8) is 0 Å². The lowest BCUT2D eigenvalue weighted by Crippen LogP contribution is -2.08. The van der Waals surface area contributed by atoms with Crippen molar-refractivity contribution in [2.75, 3.05) is 5.32 Å². The number of aromatic nitrogens is 2. The summed E-state index contributed by atoms with van der Waals surface area (Å²) in [5, 5.41) is 4.87. The molecule has 0 radical (unpaired) electrons. The Balaban J connectivity index is 1.53. The van der Waals surface area contributed by atoms with E-state index in [0.29, 0.717) is 6.42 Å². The van der Waals surface area contributed by atoms with Crippen molar-refractivity contribution in [2.24, 2.45) is 0 Å². The van der Waals surface area contributed by atoms with Crippen molar-refractivity contribution < 1.29 is 9.18 Å². The number of carbonyl (C=O) groups excluding carboxylic acids is 1. The van der Waals surface area contributed by atoms with Gasteiger partial charge in [-0.15, -0.1) is 0 Å². The highest BCUT2D eigenvalue weighted by atomic mass is 19.1. The zero-order chi connectivity index (χ0) is 29.3. The largest absolute Gasteiger partial charge is 0.358 e. The molecule has 43 heavy (non-hydrogen) atoms. The predicted octanol–water partition coefficient (Wildman–Crippen LogP) is 9.18. The monoisotopic (exact) mass is 563 g/mol. The Kier molecular flexibility index (Phi) is 6.84. The molecule has 0 unspecified atom stereocenters. The van der Waals surface area contributed by atoms with Crippen molar-refractivity contribution in [3.8, 4) is 11.1 Å². The van der Waals surface area contributed by atoms with Crippen LogP contribution >= 0.6 is 0 Å². The van der Waals surface area contributed by atoms with Crippen LogP contribution in [0.5, 0.6) is 0 Å². The van der Waals surface area contributed by atoms with Crippen molar-refractivity contribution in [2.45, 2.75) is 19.3 Å². The Bertz CT molecular complexity index is 2040. The number of hydrogen-bond donors (Lipinski definition) is 3. The highest BCUT2D eigenvalue weighted by Crippen LogP contribution is 2.46. The average Bonchev–Trinajstić information content (AvgIpc) is 3.56. The lowest BCUT2D eigenvalue weighted by Gasteiger charge is -2.20. The molecule has 0 fully saturated rings. The zero-order valence-electron chi connectivity index (χ0n) is 23.7. The number of nitrogens with one attached hydrogen (secondary N) is 3. The van der Waals surface area contributed by atoms with Gasteiger partial charge in [0.25, 0.3) is 0 Å². The third kappa shape index (κ3) is 4.99. The minimum atomic E-state index is -0.285. The summed E-state index contributed by atoms with van der Waals surface area (Å²) in [5.74, 6) is -0.527. The second kappa shape index (κ2) is 11.1. The summed E-state index contributed by atoms with van der Waals surface area (Å²) in [6.07, 6.45) is 0.545. The number of rotatable bonds is 7. The maximum Gasteiger partial charge on any atom is 0.221 e. The summed E-state index contributed by atoms with van der Waals surface area (Å²) >= 11 is 0. The van der Waals surface area contributed by atoms with Crippen LogP contribution in [0.4, 0.5) is 10.1 Å². The van der Waals surface area contributed by atoms with E-state index in [4.69, 9.17) is 0 Å². The summed E-state index contributed by atoms with van der Waals surface area (Å²) in [6.45, 7) is 1.52. The van der Waals surface area contributed by atoms with Crippen molar-refractivity contribution >= 4 is 33.4 Å². The van der Waals surface area contributed by atoms with Gasteiger partial charge in [-0.25, -0.2) is 4.39 Å². The SMILES string of the molecule is CC(=O)Nc1ccccc1Cc1[nH]c2ccccc2c1-c1c(C(c2ccccc2)c2ccccc2)[nH]c2ccc(F)cc12. The number of aromatic amines is 2. The first kappa shape index (κ1) is 26.5. The van der Waals surface area contributed by atoms with Crippen molar-refractivity contribution in [1.82, 2.24) is 9.97 Å².